The lowest BCUT2D eigenvalue weighted by molar-refractivity contribution is 0.707. The molecular formula is C12H14N2S2. The van der Waals surface area contributed by atoms with Gasteiger partial charge < -0.3 is 5.32 Å². The van der Waals surface area contributed by atoms with Gasteiger partial charge in [0.25, 0.3) is 0 Å². The first-order valence-electron chi connectivity index (χ1n) is 5.60. The molecule has 3 rings (SSSR count). The molecule has 1 aliphatic rings. The van der Waals surface area contributed by atoms with Crippen LogP contribution in [0, 0.1) is 0 Å². The summed E-state index contributed by atoms with van der Waals surface area (Å²) in [6, 6.07) is 2.38. The van der Waals surface area contributed by atoms with Gasteiger partial charge in [-0.2, -0.15) is 0 Å². The largest absolute Gasteiger partial charge is 0.307 e. The van der Waals surface area contributed by atoms with Gasteiger partial charge in [0.1, 0.15) is 0 Å². The van der Waals surface area contributed by atoms with E-state index >= 15 is 0 Å². The summed E-state index contributed by atoms with van der Waals surface area (Å²) >= 11 is 3.70. The molecule has 2 aromatic rings. The Kier molecular flexibility index (Phi) is 3.04. The normalized spacial score (nSPS) is 14.2. The van der Waals surface area contributed by atoms with Crippen LogP contribution < -0.4 is 5.32 Å². The van der Waals surface area contributed by atoms with E-state index in [1.807, 2.05) is 23.0 Å². The van der Waals surface area contributed by atoms with E-state index in [9.17, 15) is 0 Å². The second kappa shape index (κ2) is 4.65. The maximum atomic E-state index is 4.07. The van der Waals surface area contributed by atoms with E-state index in [1.165, 1.54) is 29.0 Å². The van der Waals surface area contributed by atoms with Gasteiger partial charge in [0.2, 0.25) is 0 Å². The highest BCUT2D eigenvalue weighted by Crippen LogP contribution is 2.30. The molecule has 2 heterocycles. The zero-order valence-electron chi connectivity index (χ0n) is 9.03. The summed E-state index contributed by atoms with van der Waals surface area (Å²) in [5.41, 5.74) is 3.48. The molecule has 0 fully saturated rings. The zero-order chi connectivity index (χ0) is 10.8. The Morgan fingerprint density at radius 1 is 1.25 bits per heavy atom. The Labute approximate surface area is 103 Å². The summed E-state index contributed by atoms with van der Waals surface area (Å²) in [6.07, 6.45) is 5.89. The number of hydrogen-bond donors (Lipinski definition) is 1. The maximum absolute atomic E-state index is 4.07. The summed E-state index contributed by atoms with van der Waals surface area (Å²) in [7, 11) is 0. The van der Waals surface area contributed by atoms with Crippen LogP contribution in [-0.4, -0.2) is 4.98 Å². The highest BCUT2D eigenvalue weighted by Gasteiger charge is 2.14. The van der Waals surface area contributed by atoms with Crippen molar-refractivity contribution in [3.05, 3.63) is 38.0 Å². The van der Waals surface area contributed by atoms with E-state index in [0.29, 0.717) is 0 Å². The Balaban J connectivity index is 1.54. The van der Waals surface area contributed by atoms with Crippen LogP contribution >= 0.6 is 22.7 Å². The van der Waals surface area contributed by atoms with Gasteiger partial charge in [0.15, 0.2) is 0 Å². The van der Waals surface area contributed by atoms with Crippen molar-refractivity contribution < 1.29 is 0 Å². The minimum Gasteiger partial charge on any atom is -0.307 e. The monoisotopic (exact) mass is 250 g/mol. The molecule has 2 aromatic heterocycles. The lowest BCUT2D eigenvalue weighted by atomic mass is 10.2. The molecule has 4 heteroatoms. The molecule has 0 saturated carbocycles. The van der Waals surface area contributed by atoms with Crippen LogP contribution in [0.15, 0.2) is 17.8 Å². The second-order valence-electron chi connectivity index (χ2n) is 4.09. The highest BCUT2D eigenvalue weighted by atomic mass is 32.1. The van der Waals surface area contributed by atoms with Gasteiger partial charge in [0.05, 0.1) is 5.51 Å². The highest BCUT2D eigenvalue weighted by molar-refractivity contribution is 7.12. The number of thiophene rings is 1. The smallest absolute Gasteiger partial charge is 0.0794 e. The third-order valence-electron chi connectivity index (χ3n) is 2.88. The fourth-order valence-electron chi connectivity index (χ4n) is 2.12. The number of fused-ring (bicyclic) bond motifs is 1. The molecule has 0 spiro atoms. The van der Waals surface area contributed by atoms with E-state index in [4.69, 9.17) is 0 Å². The molecule has 0 aliphatic heterocycles. The fraction of sp³-hybridized carbons (Fsp3) is 0.417. The molecule has 0 radical (unpaired) electrons. The summed E-state index contributed by atoms with van der Waals surface area (Å²) in [5, 5.41) is 3.47. The Morgan fingerprint density at radius 3 is 3.00 bits per heavy atom. The lowest BCUT2D eigenvalue weighted by Gasteiger charge is -1.99. The molecule has 0 aromatic carbocycles. The van der Waals surface area contributed by atoms with E-state index in [1.54, 1.807) is 21.8 Å². The van der Waals surface area contributed by atoms with Crippen LogP contribution in [-0.2, 0) is 25.9 Å². The third-order valence-corrected chi connectivity index (χ3v) is 4.90. The van der Waals surface area contributed by atoms with Crippen molar-refractivity contribution in [2.75, 3.05) is 0 Å². The van der Waals surface area contributed by atoms with Crippen molar-refractivity contribution in [2.24, 2.45) is 0 Å². The van der Waals surface area contributed by atoms with Crippen molar-refractivity contribution in [2.45, 2.75) is 32.4 Å². The topological polar surface area (TPSA) is 24.9 Å². The SMILES string of the molecule is c1ncc(CNCc2cc3c(s2)CCC3)s1. The molecular weight excluding hydrogens is 236 g/mol. The van der Waals surface area contributed by atoms with E-state index < -0.39 is 0 Å². The number of rotatable bonds is 4. The Hall–Kier alpha value is -0.710. The van der Waals surface area contributed by atoms with Crippen LogP contribution in [0.2, 0.25) is 0 Å². The predicted octanol–water partition coefficient (Wildman–Crippen LogP) is 2.98. The maximum Gasteiger partial charge on any atom is 0.0794 e. The molecule has 0 bridgehead atoms. The van der Waals surface area contributed by atoms with Gasteiger partial charge in [-0.15, -0.1) is 22.7 Å². The number of aryl methyl sites for hydroxylation is 2. The number of nitrogens with one attached hydrogen (secondary N) is 1. The third kappa shape index (κ3) is 2.19. The Bertz CT molecular complexity index is 438. The summed E-state index contributed by atoms with van der Waals surface area (Å²) in [5.74, 6) is 0. The molecule has 1 aliphatic carbocycles. The molecule has 0 unspecified atom stereocenters. The van der Waals surface area contributed by atoms with Gasteiger partial charge in [-0.25, -0.2) is 0 Å². The number of thiazole rings is 1. The molecule has 0 saturated heterocycles. The number of hydrogen-bond acceptors (Lipinski definition) is 4. The van der Waals surface area contributed by atoms with Gasteiger partial charge in [-0.1, -0.05) is 0 Å². The molecule has 2 nitrogen and oxygen atoms in total. The fourth-order valence-corrected chi connectivity index (χ4v) is 3.91. The predicted molar refractivity (Wildman–Crippen MR) is 69.0 cm³/mol. The quantitative estimate of drug-likeness (QED) is 0.902. The van der Waals surface area contributed by atoms with Crippen LogP contribution in [0.4, 0.5) is 0 Å². The molecule has 84 valence electrons. The first-order chi connectivity index (χ1) is 7.92. The van der Waals surface area contributed by atoms with E-state index in [2.05, 4.69) is 16.4 Å². The second-order valence-corrected chi connectivity index (χ2v) is 6.28. The van der Waals surface area contributed by atoms with E-state index in [0.717, 1.165) is 13.1 Å². The van der Waals surface area contributed by atoms with Crippen LogP contribution in [0.3, 0.4) is 0 Å². The molecule has 0 atom stereocenters. The summed E-state index contributed by atoms with van der Waals surface area (Å²) < 4.78 is 0. The van der Waals surface area contributed by atoms with Crippen molar-refractivity contribution in [3.8, 4) is 0 Å². The van der Waals surface area contributed by atoms with Gasteiger partial charge in [-0.3, -0.25) is 4.98 Å². The minimum atomic E-state index is 0.938. The number of aromatic nitrogens is 1. The van der Waals surface area contributed by atoms with Crippen molar-refractivity contribution in [3.63, 3.8) is 0 Å². The zero-order valence-corrected chi connectivity index (χ0v) is 10.7. The van der Waals surface area contributed by atoms with Gasteiger partial charge in [0, 0.05) is 33.9 Å². The molecule has 0 amide bonds. The Morgan fingerprint density at radius 2 is 2.19 bits per heavy atom. The first kappa shape index (κ1) is 10.4. The summed E-state index contributed by atoms with van der Waals surface area (Å²) in [6.45, 7) is 1.93. The van der Waals surface area contributed by atoms with Crippen molar-refractivity contribution >= 4 is 22.7 Å². The number of nitrogens with zero attached hydrogens (tertiary/aromatic N) is 1. The van der Waals surface area contributed by atoms with Crippen LogP contribution in [0.25, 0.3) is 0 Å². The standard InChI is InChI=1S/C12H14N2S2/c1-2-9-4-10(16-12(9)3-1)5-13-6-11-7-14-8-15-11/h4,7-8,13H,1-3,5-6H2. The van der Waals surface area contributed by atoms with Gasteiger partial charge in [-0.05, 0) is 30.9 Å². The lowest BCUT2D eigenvalue weighted by Crippen LogP contribution is -2.10. The minimum absolute atomic E-state index is 0.938. The first-order valence-corrected chi connectivity index (χ1v) is 7.30. The molecule has 16 heavy (non-hydrogen) atoms. The van der Waals surface area contributed by atoms with Crippen LogP contribution in [0.5, 0.6) is 0 Å². The summed E-state index contributed by atoms with van der Waals surface area (Å²) in [4.78, 5) is 8.48. The average Bonchev–Trinajstić information content (AvgIpc) is 2.91. The average molecular weight is 250 g/mol. The van der Waals surface area contributed by atoms with Gasteiger partial charge >= 0.3 is 0 Å². The van der Waals surface area contributed by atoms with Crippen molar-refractivity contribution in [1.29, 1.82) is 0 Å². The van der Waals surface area contributed by atoms with E-state index in [-0.39, 0.29) is 0 Å². The van der Waals surface area contributed by atoms with Crippen molar-refractivity contribution in [1.82, 2.24) is 10.3 Å². The molecule has 1 N–H and O–H groups in total. The van der Waals surface area contributed by atoms with Crippen LogP contribution in [0.1, 0.15) is 26.6 Å².